The molecule has 100 valence electrons. The Morgan fingerprint density at radius 3 is 2.84 bits per heavy atom. The van der Waals surface area contributed by atoms with Crippen LogP contribution in [0.3, 0.4) is 0 Å². The van der Waals surface area contributed by atoms with Gasteiger partial charge in [0.25, 0.3) is 5.91 Å². The standard InChI is InChI=1S/C14H17N3O2/c1-10-3-4-11(9-13(10)18)14(19)15-7-5-12-6-8-16-17(12)2/h3-4,6,8-9,18H,5,7H2,1-2H3,(H,15,19). The number of carbonyl (C=O) groups excluding carboxylic acids is 1. The molecule has 0 aliphatic rings. The fourth-order valence-electron chi connectivity index (χ4n) is 1.80. The van der Waals surface area contributed by atoms with E-state index < -0.39 is 0 Å². The lowest BCUT2D eigenvalue weighted by Gasteiger charge is -2.07. The predicted octanol–water partition coefficient (Wildman–Crippen LogP) is 1.41. The van der Waals surface area contributed by atoms with E-state index in [0.29, 0.717) is 12.1 Å². The molecule has 1 aromatic heterocycles. The molecule has 0 aliphatic heterocycles. The summed E-state index contributed by atoms with van der Waals surface area (Å²) in [6, 6.07) is 6.83. The molecule has 1 aromatic carbocycles. The van der Waals surface area contributed by atoms with Crippen LogP contribution in [0.1, 0.15) is 21.6 Å². The van der Waals surface area contributed by atoms with Crippen LogP contribution in [0.2, 0.25) is 0 Å². The minimum absolute atomic E-state index is 0.138. The molecule has 0 saturated heterocycles. The van der Waals surface area contributed by atoms with Crippen LogP contribution in [0.4, 0.5) is 0 Å². The molecular formula is C14H17N3O2. The van der Waals surface area contributed by atoms with Gasteiger partial charge < -0.3 is 10.4 Å². The SMILES string of the molecule is Cc1ccc(C(=O)NCCc2ccnn2C)cc1O. The minimum Gasteiger partial charge on any atom is -0.508 e. The molecule has 0 aliphatic carbocycles. The van der Waals surface area contributed by atoms with Crippen molar-refractivity contribution in [2.75, 3.05) is 6.54 Å². The molecule has 0 unspecified atom stereocenters. The van der Waals surface area contributed by atoms with Gasteiger partial charge in [0.1, 0.15) is 5.75 Å². The van der Waals surface area contributed by atoms with E-state index in [9.17, 15) is 9.90 Å². The maximum Gasteiger partial charge on any atom is 0.251 e. The Morgan fingerprint density at radius 2 is 2.21 bits per heavy atom. The number of hydrogen-bond acceptors (Lipinski definition) is 3. The average Bonchev–Trinajstić information content (AvgIpc) is 2.78. The van der Waals surface area contributed by atoms with Crippen molar-refractivity contribution in [1.29, 1.82) is 0 Å². The van der Waals surface area contributed by atoms with Crippen molar-refractivity contribution in [3.63, 3.8) is 0 Å². The highest BCUT2D eigenvalue weighted by Crippen LogP contribution is 2.17. The van der Waals surface area contributed by atoms with Crippen LogP contribution < -0.4 is 5.32 Å². The van der Waals surface area contributed by atoms with Gasteiger partial charge in [0.05, 0.1) is 0 Å². The number of phenols is 1. The lowest BCUT2D eigenvalue weighted by molar-refractivity contribution is 0.0953. The van der Waals surface area contributed by atoms with E-state index in [1.807, 2.05) is 13.1 Å². The Bertz CT molecular complexity index is 590. The van der Waals surface area contributed by atoms with Gasteiger partial charge in [0.2, 0.25) is 0 Å². The fraction of sp³-hybridized carbons (Fsp3) is 0.286. The topological polar surface area (TPSA) is 67.2 Å². The normalized spacial score (nSPS) is 10.4. The number of rotatable bonds is 4. The van der Waals surface area contributed by atoms with Crippen molar-refractivity contribution in [1.82, 2.24) is 15.1 Å². The summed E-state index contributed by atoms with van der Waals surface area (Å²) in [5.74, 6) is -0.0447. The molecule has 19 heavy (non-hydrogen) atoms. The Labute approximate surface area is 111 Å². The summed E-state index contributed by atoms with van der Waals surface area (Å²) in [6.07, 6.45) is 2.45. The second kappa shape index (κ2) is 5.56. The van der Waals surface area contributed by atoms with E-state index in [4.69, 9.17) is 0 Å². The lowest BCUT2D eigenvalue weighted by Crippen LogP contribution is -2.26. The van der Waals surface area contributed by atoms with E-state index in [1.54, 1.807) is 29.9 Å². The predicted molar refractivity (Wildman–Crippen MR) is 72.1 cm³/mol. The monoisotopic (exact) mass is 259 g/mol. The number of amides is 1. The first-order valence-electron chi connectivity index (χ1n) is 6.12. The van der Waals surface area contributed by atoms with E-state index in [2.05, 4.69) is 10.4 Å². The maximum absolute atomic E-state index is 11.9. The van der Waals surface area contributed by atoms with Crippen molar-refractivity contribution >= 4 is 5.91 Å². The highest BCUT2D eigenvalue weighted by Gasteiger charge is 2.07. The molecule has 1 amide bonds. The fourth-order valence-corrected chi connectivity index (χ4v) is 1.80. The van der Waals surface area contributed by atoms with Gasteiger partial charge >= 0.3 is 0 Å². The molecule has 2 rings (SSSR count). The van der Waals surface area contributed by atoms with E-state index in [-0.39, 0.29) is 11.7 Å². The van der Waals surface area contributed by atoms with Gasteiger partial charge in [-0.3, -0.25) is 9.48 Å². The summed E-state index contributed by atoms with van der Waals surface area (Å²) in [6.45, 7) is 2.33. The van der Waals surface area contributed by atoms with E-state index in [0.717, 1.165) is 17.7 Å². The van der Waals surface area contributed by atoms with Crippen molar-refractivity contribution in [3.05, 3.63) is 47.3 Å². The average molecular weight is 259 g/mol. The van der Waals surface area contributed by atoms with Crippen LogP contribution >= 0.6 is 0 Å². The summed E-state index contributed by atoms with van der Waals surface area (Å²) in [5.41, 5.74) is 2.28. The summed E-state index contributed by atoms with van der Waals surface area (Å²) in [7, 11) is 1.87. The first-order chi connectivity index (χ1) is 9.08. The Kier molecular flexibility index (Phi) is 3.85. The van der Waals surface area contributed by atoms with Crippen LogP contribution in [0.25, 0.3) is 0 Å². The molecule has 0 bridgehead atoms. The molecule has 0 spiro atoms. The number of aromatic nitrogens is 2. The minimum atomic E-state index is -0.183. The Balaban J connectivity index is 1.91. The Hall–Kier alpha value is -2.30. The summed E-state index contributed by atoms with van der Waals surface area (Å²) in [4.78, 5) is 11.9. The zero-order valence-electron chi connectivity index (χ0n) is 11.1. The van der Waals surface area contributed by atoms with E-state index >= 15 is 0 Å². The third kappa shape index (κ3) is 3.13. The first-order valence-corrected chi connectivity index (χ1v) is 6.12. The third-order valence-corrected chi connectivity index (χ3v) is 3.06. The van der Waals surface area contributed by atoms with Crippen LogP contribution in [0, 0.1) is 6.92 Å². The largest absolute Gasteiger partial charge is 0.508 e. The maximum atomic E-state index is 11.9. The van der Waals surface area contributed by atoms with Crippen molar-refractivity contribution < 1.29 is 9.90 Å². The van der Waals surface area contributed by atoms with Crippen molar-refractivity contribution in [2.45, 2.75) is 13.3 Å². The van der Waals surface area contributed by atoms with E-state index in [1.165, 1.54) is 6.07 Å². The zero-order chi connectivity index (χ0) is 13.8. The quantitative estimate of drug-likeness (QED) is 0.872. The van der Waals surface area contributed by atoms with Gasteiger partial charge in [-0.1, -0.05) is 6.07 Å². The van der Waals surface area contributed by atoms with Crippen molar-refractivity contribution in [3.8, 4) is 5.75 Å². The number of carbonyl (C=O) groups is 1. The molecular weight excluding hydrogens is 242 g/mol. The third-order valence-electron chi connectivity index (χ3n) is 3.06. The number of phenolic OH excluding ortho intramolecular Hbond substituents is 1. The van der Waals surface area contributed by atoms with Crippen LogP contribution in [0.15, 0.2) is 30.5 Å². The number of aromatic hydroxyl groups is 1. The zero-order valence-corrected chi connectivity index (χ0v) is 11.1. The molecule has 5 nitrogen and oxygen atoms in total. The first kappa shape index (κ1) is 13.1. The highest BCUT2D eigenvalue weighted by atomic mass is 16.3. The molecule has 1 heterocycles. The summed E-state index contributed by atoms with van der Waals surface area (Å²) < 4.78 is 1.78. The summed E-state index contributed by atoms with van der Waals surface area (Å²) in [5, 5.41) is 16.5. The smallest absolute Gasteiger partial charge is 0.251 e. The number of benzene rings is 1. The van der Waals surface area contributed by atoms with Crippen LogP contribution in [0.5, 0.6) is 5.75 Å². The van der Waals surface area contributed by atoms with Gasteiger partial charge in [0, 0.05) is 37.5 Å². The second-order valence-electron chi connectivity index (χ2n) is 4.45. The van der Waals surface area contributed by atoms with Crippen LogP contribution in [-0.4, -0.2) is 27.3 Å². The lowest BCUT2D eigenvalue weighted by atomic mass is 10.1. The van der Waals surface area contributed by atoms with Gasteiger partial charge in [-0.25, -0.2) is 0 Å². The number of nitrogens with one attached hydrogen (secondary N) is 1. The molecule has 2 N–H and O–H groups in total. The second-order valence-corrected chi connectivity index (χ2v) is 4.45. The Morgan fingerprint density at radius 1 is 1.42 bits per heavy atom. The molecule has 5 heteroatoms. The van der Waals surface area contributed by atoms with Gasteiger partial charge in [-0.05, 0) is 30.7 Å². The number of hydrogen-bond donors (Lipinski definition) is 2. The molecule has 0 radical (unpaired) electrons. The molecule has 0 saturated carbocycles. The van der Waals surface area contributed by atoms with Gasteiger partial charge in [-0.15, -0.1) is 0 Å². The number of nitrogens with zero attached hydrogens (tertiary/aromatic N) is 2. The molecule has 2 aromatic rings. The van der Waals surface area contributed by atoms with Gasteiger partial charge in [0.15, 0.2) is 0 Å². The van der Waals surface area contributed by atoms with Crippen LogP contribution in [-0.2, 0) is 13.5 Å². The van der Waals surface area contributed by atoms with Gasteiger partial charge in [-0.2, -0.15) is 5.10 Å². The highest BCUT2D eigenvalue weighted by molar-refractivity contribution is 5.94. The summed E-state index contributed by atoms with van der Waals surface area (Å²) >= 11 is 0. The molecule has 0 fully saturated rings. The molecule has 0 atom stereocenters. The van der Waals surface area contributed by atoms with Crippen molar-refractivity contribution in [2.24, 2.45) is 7.05 Å². The number of aryl methyl sites for hydroxylation is 2.